The molecule has 0 saturated heterocycles. The fraction of sp³-hybridized carbons (Fsp3) is 0. The van der Waals surface area contributed by atoms with Gasteiger partial charge >= 0.3 is 5.97 Å². The fourth-order valence-electron chi connectivity index (χ4n) is 1.35. The number of benzene rings is 1. The Morgan fingerprint density at radius 1 is 1.37 bits per heavy atom. The number of carboxylic acids is 1. The highest BCUT2D eigenvalue weighted by Gasteiger charge is 2.07. The van der Waals surface area contributed by atoms with Crippen molar-refractivity contribution in [3.8, 4) is 0 Å². The zero-order valence-electron chi connectivity index (χ0n) is 9.61. The van der Waals surface area contributed by atoms with Crippen LogP contribution >= 0.6 is 11.3 Å². The minimum Gasteiger partial charge on any atom is -0.478 e. The van der Waals surface area contributed by atoms with Crippen molar-refractivity contribution in [1.29, 1.82) is 0 Å². The van der Waals surface area contributed by atoms with Crippen LogP contribution in [0.3, 0.4) is 0 Å². The van der Waals surface area contributed by atoms with E-state index in [1.165, 1.54) is 22.9 Å². The summed E-state index contributed by atoms with van der Waals surface area (Å²) in [5.41, 5.74) is 2.57. The standard InChI is InChI=1S/C12H9N3O3S/c16-10(17)5-4-8-2-1-3-9(6-8)11(18)14-12-15-13-7-19-12/h1-7H,(H,16,17)(H,14,15,18)/b5-4+. The van der Waals surface area contributed by atoms with E-state index in [0.29, 0.717) is 16.3 Å². The molecule has 1 heterocycles. The maximum absolute atomic E-state index is 11.9. The van der Waals surface area contributed by atoms with Gasteiger partial charge in [0.05, 0.1) is 0 Å². The molecule has 0 aliphatic rings. The van der Waals surface area contributed by atoms with E-state index in [2.05, 4.69) is 15.5 Å². The van der Waals surface area contributed by atoms with E-state index >= 15 is 0 Å². The van der Waals surface area contributed by atoms with E-state index in [4.69, 9.17) is 5.11 Å². The molecule has 0 fully saturated rings. The summed E-state index contributed by atoms with van der Waals surface area (Å²) in [6, 6.07) is 6.61. The normalized spacial score (nSPS) is 10.5. The van der Waals surface area contributed by atoms with Crippen LogP contribution in [0, 0.1) is 0 Å². The third-order valence-corrected chi connectivity index (χ3v) is 2.75. The number of carbonyl (C=O) groups is 2. The molecule has 2 aromatic rings. The van der Waals surface area contributed by atoms with Crippen LogP contribution in [-0.4, -0.2) is 27.2 Å². The third kappa shape index (κ3) is 3.71. The van der Waals surface area contributed by atoms with E-state index in [1.54, 1.807) is 24.3 Å². The van der Waals surface area contributed by atoms with Crippen molar-refractivity contribution in [3.63, 3.8) is 0 Å². The lowest BCUT2D eigenvalue weighted by Crippen LogP contribution is -2.11. The summed E-state index contributed by atoms with van der Waals surface area (Å²) in [5, 5.41) is 18.9. The highest BCUT2D eigenvalue weighted by atomic mass is 32.1. The third-order valence-electron chi connectivity index (χ3n) is 2.15. The lowest BCUT2D eigenvalue weighted by atomic mass is 10.1. The van der Waals surface area contributed by atoms with Crippen molar-refractivity contribution in [3.05, 3.63) is 47.0 Å². The van der Waals surface area contributed by atoms with Gasteiger partial charge in [0, 0.05) is 11.6 Å². The Hall–Kier alpha value is -2.54. The second kappa shape index (κ2) is 5.87. The number of carbonyl (C=O) groups excluding carboxylic acids is 1. The van der Waals surface area contributed by atoms with Crippen molar-refractivity contribution in [2.75, 3.05) is 5.32 Å². The van der Waals surface area contributed by atoms with Gasteiger partial charge in [0.1, 0.15) is 5.51 Å². The zero-order chi connectivity index (χ0) is 13.7. The van der Waals surface area contributed by atoms with Gasteiger partial charge in [-0.15, -0.1) is 10.2 Å². The smallest absolute Gasteiger partial charge is 0.328 e. The number of amides is 1. The van der Waals surface area contributed by atoms with Crippen LogP contribution in [0.15, 0.2) is 35.9 Å². The Morgan fingerprint density at radius 3 is 2.89 bits per heavy atom. The van der Waals surface area contributed by atoms with E-state index in [9.17, 15) is 9.59 Å². The van der Waals surface area contributed by atoms with Crippen molar-refractivity contribution < 1.29 is 14.7 Å². The van der Waals surface area contributed by atoms with Gasteiger partial charge in [-0.05, 0) is 23.8 Å². The molecule has 1 aromatic heterocycles. The Bertz CT molecular complexity index is 623. The molecular weight excluding hydrogens is 266 g/mol. The molecule has 0 aliphatic heterocycles. The van der Waals surface area contributed by atoms with Crippen LogP contribution in [0.1, 0.15) is 15.9 Å². The second-order valence-electron chi connectivity index (χ2n) is 3.50. The number of hydrogen-bond donors (Lipinski definition) is 2. The number of aliphatic carboxylic acids is 1. The van der Waals surface area contributed by atoms with Crippen LogP contribution < -0.4 is 5.32 Å². The van der Waals surface area contributed by atoms with Gasteiger partial charge in [0.2, 0.25) is 5.13 Å². The summed E-state index contributed by atoms with van der Waals surface area (Å²) < 4.78 is 0. The first-order valence-electron chi connectivity index (χ1n) is 5.24. The summed E-state index contributed by atoms with van der Waals surface area (Å²) in [7, 11) is 0. The number of nitrogens with zero attached hydrogens (tertiary/aromatic N) is 2. The first-order chi connectivity index (χ1) is 9.15. The van der Waals surface area contributed by atoms with Crippen LogP contribution in [-0.2, 0) is 4.79 Å². The molecule has 1 amide bonds. The number of carboxylic acid groups (broad SMARTS) is 1. The minimum atomic E-state index is -1.04. The molecule has 1 aromatic carbocycles. The monoisotopic (exact) mass is 275 g/mol. The average Bonchev–Trinajstić information content (AvgIpc) is 2.89. The fourth-order valence-corrected chi connectivity index (χ4v) is 1.79. The van der Waals surface area contributed by atoms with E-state index < -0.39 is 5.97 Å². The SMILES string of the molecule is O=C(O)/C=C/c1cccc(C(=O)Nc2nncs2)c1. The Labute approximate surface area is 112 Å². The van der Waals surface area contributed by atoms with Crippen LogP contribution in [0.4, 0.5) is 5.13 Å². The molecule has 19 heavy (non-hydrogen) atoms. The number of anilines is 1. The maximum Gasteiger partial charge on any atom is 0.328 e. The van der Waals surface area contributed by atoms with Crippen molar-refractivity contribution in [2.45, 2.75) is 0 Å². The number of hydrogen-bond acceptors (Lipinski definition) is 5. The molecule has 0 spiro atoms. The second-order valence-corrected chi connectivity index (χ2v) is 4.33. The number of nitrogens with one attached hydrogen (secondary N) is 1. The Kier molecular flexibility index (Phi) is 3.99. The van der Waals surface area contributed by atoms with Gasteiger partial charge < -0.3 is 5.11 Å². The van der Waals surface area contributed by atoms with Gasteiger partial charge in [-0.25, -0.2) is 4.79 Å². The van der Waals surface area contributed by atoms with Crippen LogP contribution in [0.2, 0.25) is 0 Å². The highest BCUT2D eigenvalue weighted by molar-refractivity contribution is 7.13. The average molecular weight is 275 g/mol. The van der Waals surface area contributed by atoms with Gasteiger partial charge in [-0.1, -0.05) is 23.5 Å². The van der Waals surface area contributed by atoms with E-state index in [-0.39, 0.29) is 5.91 Å². The number of rotatable bonds is 4. The molecule has 0 atom stereocenters. The summed E-state index contributed by atoms with van der Waals surface area (Å²) in [6.45, 7) is 0. The minimum absolute atomic E-state index is 0.317. The molecule has 2 N–H and O–H groups in total. The largest absolute Gasteiger partial charge is 0.478 e. The van der Waals surface area contributed by atoms with Crippen LogP contribution in [0.5, 0.6) is 0 Å². The summed E-state index contributed by atoms with van der Waals surface area (Å²) >= 11 is 1.22. The molecule has 0 saturated carbocycles. The molecule has 0 radical (unpaired) electrons. The quantitative estimate of drug-likeness (QED) is 0.831. The van der Waals surface area contributed by atoms with Crippen LogP contribution in [0.25, 0.3) is 6.08 Å². The topological polar surface area (TPSA) is 92.2 Å². The molecule has 0 aliphatic carbocycles. The van der Waals surface area contributed by atoms with Crippen molar-refractivity contribution in [2.24, 2.45) is 0 Å². The van der Waals surface area contributed by atoms with Gasteiger partial charge in [0.25, 0.3) is 5.91 Å². The molecule has 7 heteroatoms. The summed E-state index contributed by atoms with van der Waals surface area (Å²) in [4.78, 5) is 22.3. The summed E-state index contributed by atoms with van der Waals surface area (Å²) in [5.74, 6) is -1.36. The summed E-state index contributed by atoms with van der Waals surface area (Å²) in [6.07, 6.45) is 2.44. The number of aromatic nitrogens is 2. The molecule has 6 nitrogen and oxygen atoms in total. The van der Waals surface area contributed by atoms with Crippen molar-refractivity contribution in [1.82, 2.24) is 10.2 Å². The lowest BCUT2D eigenvalue weighted by molar-refractivity contribution is -0.131. The first-order valence-corrected chi connectivity index (χ1v) is 6.12. The van der Waals surface area contributed by atoms with E-state index in [1.807, 2.05) is 0 Å². The highest BCUT2D eigenvalue weighted by Crippen LogP contribution is 2.12. The van der Waals surface area contributed by atoms with E-state index in [0.717, 1.165) is 6.08 Å². The molecule has 96 valence electrons. The predicted octanol–water partition coefficient (Wildman–Crippen LogP) is 1.89. The molecular formula is C12H9N3O3S. The van der Waals surface area contributed by atoms with Gasteiger partial charge in [-0.3, -0.25) is 10.1 Å². The molecule has 0 unspecified atom stereocenters. The maximum atomic E-state index is 11.9. The predicted molar refractivity (Wildman–Crippen MR) is 71.0 cm³/mol. The Morgan fingerprint density at radius 2 is 2.21 bits per heavy atom. The first kappa shape index (κ1) is 12.9. The lowest BCUT2D eigenvalue weighted by Gasteiger charge is -2.02. The Balaban J connectivity index is 2.14. The molecule has 2 rings (SSSR count). The van der Waals surface area contributed by atoms with Gasteiger partial charge in [0.15, 0.2) is 0 Å². The zero-order valence-corrected chi connectivity index (χ0v) is 10.4. The van der Waals surface area contributed by atoms with Gasteiger partial charge in [-0.2, -0.15) is 0 Å². The molecule has 0 bridgehead atoms. The van der Waals surface area contributed by atoms with Crippen molar-refractivity contribution >= 4 is 34.4 Å².